The van der Waals surface area contributed by atoms with Crippen LogP contribution in [0.4, 0.5) is 5.69 Å². The monoisotopic (exact) mass is 403 g/mol. The van der Waals surface area contributed by atoms with E-state index in [1.54, 1.807) is 55.5 Å². The number of furan rings is 1. The summed E-state index contributed by atoms with van der Waals surface area (Å²) in [5.74, 6) is -0.201. The van der Waals surface area contributed by atoms with E-state index in [0.717, 1.165) is 5.56 Å². The van der Waals surface area contributed by atoms with E-state index < -0.39 is 17.7 Å². The number of amides is 1. The number of aryl methyl sites for hydroxylation is 2. The normalized spacial score (nSPS) is 18.1. The average Bonchev–Trinajstić information content (AvgIpc) is 3.29. The van der Waals surface area contributed by atoms with Crippen molar-refractivity contribution in [3.63, 3.8) is 0 Å². The molecule has 152 valence electrons. The van der Waals surface area contributed by atoms with E-state index in [1.807, 2.05) is 19.1 Å². The molecule has 1 aliphatic heterocycles. The zero-order chi connectivity index (χ0) is 21.4. The highest BCUT2D eigenvalue weighted by Crippen LogP contribution is 2.42. The van der Waals surface area contributed by atoms with Crippen LogP contribution >= 0.6 is 0 Å². The topological polar surface area (TPSA) is 80.0 Å². The number of hydrogen-bond donors (Lipinski definition) is 1. The number of rotatable bonds is 4. The van der Waals surface area contributed by atoms with Gasteiger partial charge in [0.2, 0.25) is 0 Å². The number of aliphatic hydroxyl groups is 1. The van der Waals surface area contributed by atoms with Gasteiger partial charge in [-0.25, -0.2) is 0 Å². The van der Waals surface area contributed by atoms with Crippen LogP contribution in [0.2, 0.25) is 0 Å². The summed E-state index contributed by atoms with van der Waals surface area (Å²) >= 11 is 0. The van der Waals surface area contributed by atoms with Crippen LogP contribution in [-0.4, -0.2) is 23.9 Å². The fourth-order valence-corrected chi connectivity index (χ4v) is 3.60. The fourth-order valence-electron chi connectivity index (χ4n) is 3.60. The number of carbonyl (C=O) groups is 2. The van der Waals surface area contributed by atoms with Crippen molar-refractivity contribution >= 4 is 23.1 Å². The summed E-state index contributed by atoms with van der Waals surface area (Å²) in [6.07, 6.45) is 0. The molecule has 0 bridgehead atoms. The molecule has 1 atom stereocenters. The van der Waals surface area contributed by atoms with E-state index in [0.29, 0.717) is 28.5 Å². The van der Waals surface area contributed by atoms with E-state index in [-0.39, 0.29) is 11.3 Å². The molecule has 6 nitrogen and oxygen atoms in total. The molecule has 30 heavy (non-hydrogen) atoms. The minimum atomic E-state index is -0.882. The van der Waals surface area contributed by atoms with Gasteiger partial charge in [0.1, 0.15) is 29.1 Å². The Morgan fingerprint density at radius 1 is 1.03 bits per heavy atom. The number of ketones is 1. The molecule has 2 aromatic carbocycles. The summed E-state index contributed by atoms with van der Waals surface area (Å²) in [4.78, 5) is 27.4. The number of benzene rings is 2. The van der Waals surface area contributed by atoms with Gasteiger partial charge in [-0.15, -0.1) is 0 Å². The Labute approximate surface area is 174 Å². The van der Waals surface area contributed by atoms with Gasteiger partial charge in [0, 0.05) is 11.3 Å². The van der Waals surface area contributed by atoms with Crippen LogP contribution in [0.5, 0.6) is 5.75 Å². The van der Waals surface area contributed by atoms with E-state index >= 15 is 0 Å². The summed E-state index contributed by atoms with van der Waals surface area (Å²) in [5.41, 5.74) is 1.93. The van der Waals surface area contributed by atoms with Crippen molar-refractivity contribution in [1.29, 1.82) is 0 Å². The van der Waals surface area contributed by atoms with Crippen molar-refractivity contribution in [3.05, 3.63) is 88.9 Å². The number of nitrogens with zero attached hydrogens (tertiary/aromatic N) is 1. The number of methoxy groups -OCH3 is 1. The Morgan fingerprint density at radius 2 is 1.77 bits per heavy atom. The molecule has 0 aliphatic carbocycles. The Hall–Kier alpha value is -3.80. The van der Waals surface area contributed by atoms with Gasteiger partial charge in [-0.05, 0) is 50.2 Å². The summed E-state index contributed by atoms with van der Waals surface area (Å²) in [5, 5.41) is 11.1. The van der Waals surface area contributed by atoms with Gasteiger partial charge < -0.3 is 14.3 Å². The van der Waals surface area contributed by atoms with Crippen molar-refractivity contribution < 1.29 is 23.8 Å². The number of Topliss-reactive ketones (excluding diaryl/α,β-unsaturated/α-hetero) is 1. The molecule has 1 N–H and O–H groups in total. The van der Waals surface area contributed by atoms with Crippen LogP contribution in [0.15, 0.2) is 70.7 Å². The van der Waals surface area contributed by atoms with Gasteiger partial charge in [-0.1, -0.05) is 29.8 Å². The summed E-state index contributed by atoms with van der Waals surface area (Å²) in [7, 11) is 1.51. The molecular formula is C24H21NO5. The predicted octanol–water partition coefficient (Wildman–Crippen LogP) is 4.53. The maximum Gasteiger partial charge on any atom is 0.300 e. The molecule has 2 heterocycles. The lowest BCUT2D eigenvalue weighted by Gasteiger charge is -2.23. The Morgan fingerprint density at radius 3 is 2.40 bits per heavy atom. The van der Waals surface area contributed by atoms with E-state index in [1.165, 1.54) is 12.0 Å². The number of hydrogen-bond acceptors (Lipinski definition) is 5. The van der Waals surface area contributed by atoms with E-state index in [9.17, 15) is 14.7 Å². The third-order valence-electron chi connectivity index (χ3n) is 5.13. The van der Waals surface area contributed by atoms with Crippen LogP contribution in [0.3, 0.4) is 0 Å². The predicted molar refractivity (Wildman–Crippen MR) is 112 cm³/mol. The highest BCUT2D eigenvalue weighted by atomic mass is 16.5. The second-order valence-corrected chi connectivity index (χ2v) is 7.19. The molecule has 1 aromatic heterocycles. The third-order valence-corrected chi connectivity index (χ3v) is 5.13. The first-order valence-electron chi connectivity index (χ1n) is 9.49. The molecule has 0 saturated carbocycles. The molecule has 0 radical (unpaired) electrons. The summed E-state index contributed by atoms with van der Waals surface area (Å²) < 4.78 is 11.0. The summed E-state index contributed by atoms with van der Waals surface area (Å²) in [6, 6.07) is 16.6. The minimum Gasteiger partial charge on any atom is -0.507 e. The van der Waals surface area contributed by atoms with Crippen LogP contribution in [0.1, 0.15) is 28.7 Å². The standard InChI is InChI=1S/C24H21NO5/c1-14-7-10-17(11-8-14)25-21(19-12-9-15(2)30-19)20(23(27)24(25)28)22(26)16-5-4-6-18(13-16)29-3/h4-13,21,26H,1-3H3/b22-20-. The first-order valence-corrected chi connectivity index (χ1v) is 9.49. The molecule has 0 spiro atoms. The van der Waals surface area contributed by atoms with Crippen molar-refractivity contribution in [3.8, 4) is 5.75 Å². The maximum absolute atomic E-state index is 13.0. The van der Waals surface area contributed by atoms with Gasteiger partial charge in [-0.3, -0.25) is 14.5 Å². The quantitative estimate of drug-likeness (QED) is 0.393. The smallest absolute Gasteiger partial charge is 0.300 e. The molecular weight excluding hydrogens is 382 g/mol. The fraction of sp³-hybridized carbons (Fsp3) is 0.167. The maximum atomic E-state index is 13.0. The second-order valence-electron chi connectivity index (χ2n) is 7.19. The molecule has 4 rings (SSSR count). The first-order chi connectivity index (χ1) is 14.4. The van der Waals surface area contributed by atoms with E-state index in [2.05, 4.69) is 0 Å². The number of carbonyl (C=O) groups excluding carboxylic acids is 2. The number of anilines is 1. The van der Waals surface area contributed by atoms with Gasteiger partial charge >= 0.3 is 0 Å². The lowest BCUT2D eigenvalue weighted by atomic mass is 9.99. The molecule has 1 saturated heterocycles. The van der Waals surface area contributed by atoms with Gasteiger partial charge in [0.25, 0.3) is 11.7 Å². The number of aliphatic hydroxyl groups excluding tert-OH is 1. The highest BCUT2D eigenvalue weighted by molar-refractivity contribution is 6.51. The molecule has 3 aromatic rings. The summed E-state index contributed by atoms with van der Waals surface area (Å²) in [6.45, 7) is 3.72. The van der Waals surface area contributed by atoms with Gasteiger partial charge in [0.15, 0.2) is 0 Å². The lowest BCUT2D eigenvalue weighted by Crippen LogP contribution is -2.29. The molecule has 1 amide bonds. The van der Waals surface area contributed by atoms with Gasteiger partial charge in [0.05, 0.1) is 12.7 Å². The van der Waals surface area contributed by atoms with Crippen LogP contribution in [0, 0.1) is 13.8 Å². The van der Waals surface area contributed by atoms with Crippen molar-refractivity contribution in [2.75, 3.05) is 12.0 Å². The molecule has 1 unspecified atom stereocenters. The van der Waals surface area contributed by atoms with Crippen molar-refractivity contribution in [1.82, 2.24) is 0 Å². The Balaban J connectivity index is 1.93. The molecule has 1 fully saturated rings. The minimum absolute atomic E-state index is 0.0248. The molecule has 6 heteroatoms. The average molecular weight is 403 g/mol. The Kier molecular flexibility index (Phi) is 4.91. The Bertz CT molecular complexity index is 1160. The van der Waals surface area contributed by atoms with Crippen LogP contribution < -0.4 is 9.64 Å². The number of ether oxygens (including phenoxy) is 1. The second kappa shape index (κ2) is 7.55. The zero-order valence-corrected chi connectivity index (χ0v) is 16.9. The first kappa shape index (κ1) is 19.5. The zero-order valence-electron chi connectivity index (χ0n) is 16.9. The lowest BCUT2D eigenvalue weighted by molar-refractivity contribution is -0.132. The van der Waals surface area contributed by atoms with E-state index in [4.69, 9.17) is 9.15 Å². The highest BCUT2D eigenvalue weighted by Gasteiger charge is 2.48. The van der Waals surface area contributed by atoms with Gasteiger partial charge in [-0.2, -0.15) is 0 Å². The SMILES string of the molecule is COc1cccc(/C(O)=C2/C(=O)C(=O)N(c3ccc(C)cc3)C2c2ccc(C)o2)c1. The van der Waals surface area contributed by atoms with Crippen LogP contribution in [-0.2, 0) is 9.59 Å². The van der Waals surface area contributed by atoms with Crippen LogP contribution in [0.25, 0.3) is 5.76 Å². The van der Waals surface area contributed by atoms with Crippen molar-refractivity contribution in [2.45, 2.75) is 19.9 Å². The van der Waals surface area contributed by atoms with Crippen molar-refractivity contribution in [2.24, 2.45) is 0 Å². The third kappa shape index (κ3) is 3.26. The molecule has 1 aliphatic rings. The largest absolute Gasteiger partial charge is 0.507 e.